The number of aromatic nitrogens is 1. The second-order valence-electron chi connectivity index (χ2n) is 4.30. The zero-order valence-corrected chi connectivity index (χ0v) is 9.69. The molecule has 1 amide bonds. The minimum atomic E-state index is -0.245. The van der Waals surface area contributed by atoms with Crippen molar-refractivity contribution < 1.29 is 4.79 Å². The number of hydrogen-bond donors (Lipinski definition) is 2. The van der Waals surface area contributed by atoms with Crippen LogP contribution in [0.1, 0.15) is 29.8 Å². The van der Waals surface area contributed by atoms with Gasteiger partial charge in [-0.15, -0.1) is 0 Å². The number of carbonyl (C=O) groups excluding carboxylic acids is 1. The number of nitrogens with zero attached hydrogens (tertiary/aromatic N) is 1. The predicted octanol–water partition coefficient (Wildman–Crippen LogP) is 0.328. The minimum Gasteiger partial charge on any atom is -0.334 e. The molecule has 1 unspecified atom stereocenters. The fraction of sp³-hybridized carbons (Fsp3) is 0.500. The molecule has 2 rings (SSSR count). The van der Waals surface area contributed by atoms with Crippen LogP contribution in [-0.2, 0) is 0 Å². The summed E-state index contributed by atoms with van der Waals surface area (Å²) < 4.78 is 0. The third-order valence-corrected chi connectivity index (χ3v) is 3.14. The first-order valence-electron chi connectivity index (χ1n) is 5.93. The van der Waals surface area contributed by atoms with Gasteiger partial charge >= 0.3 is 0 Å². The first-order valence-corrected chi connectivity index (χ1v) is 5.93. The molecule has 5 heteroatoms. The van der Waals surface area contributed by atoms with Gasteiger partial charge in [0.25, 0.3) is 5.91 Å². The zero-order valence-electron chi connectivity index (χ0n) is 9.69. The standard InChI is InChI=1S/C12H17N3O2/c13-7-6-9-3-2-8-15(9)12(17)10-4-1-5-11(16)14-10/h1,4-5,9H,2-3,6-8,13H2,(H,14,16). The highest BCUT2D eigenvalue weighted by atomic mass is 16.2. The summed E-state index contributed by atoms with van der Waals surface area (Å²) in [6.45, 7) is 1.33. The summed E-state index contributed by atoms with van der Waals surface area (Å²) in [7, 11) is 0. The maximum absolute atomic E-state index is 12.2. The monoisotopic (exact) mass is 235 g/mol. The van der Waals surface area contributed by atoms with Crippen molar-refractivity contribution in [1.29, 1.82) is 0 Å². The number of pyridine rings is 1. The fourth-order valence-electron chi connectivity index (χ4n) is 2.32. The van der Waals surface area contributed by atoms with Crippen molar-refractivity contribution in [2.75, 3.05) is 13.1 Å². The number of likely N-dealkylation sites (tertiary alicyclic amines) is 1. The zero-order chi connectivity index (χ0) is 12.3. The van der Waals surface area contributed by atoms with Crippen LogP contribution in [0.25, 0.3) is 0 Å². The second-order valence-corrected chi connectivity index (χ2v) is 4.30. The number of nitrogens with two attached hydrogens (primary N) is 1. The molecule has 1 aromatic heterocycles. The molecule has 1 saturated heterocycles. The van der Waals surface area contributed by atoms with Crippen molar-refractivity contribution >= 4 is 5.91 Å². The van der Waals surface area contributed by atoms with Crippen LogP contribution in [0.3, 0.4) is 0 Å². The number of aromatic amines is 1. The van der Waals surface area contributed by atoms with E-state index in [1.165, 1.54) is 6.07 Å². The Balaban J connectivity index is 2.16. The van der Waals surface area contributed by atoms with Crippen molar-refractivity contribution in [1.82, 2.24) is 9.88 Å². The van der Waals surface area contributed by atoms with Gasteiger partial charge < -0.3 is 15.6 Å². The largest absolute Gasteiger partial charge is 0.334 e. The summed E-state index contributed by atoms with van der Waals surface area (Å²) in [5.74, 6) is -0.0985. The van der Waals surface area contributed by atoms with E-state index in [9.17, 15) is 9.59 Å². The lowest BCUT2D eigenvalue weighted by Gasteiger charge is -2.24. The van der Waals surface area contributed by atoms with Crippen LogP contribution in [0.4, 0.5) is 0 Å². The summed E-state index contributed by atoms with van der Waals surface area (Å²) in [5.41, 5.74) is 5.66. The van der Waals surface area contributed by atoms with Gasteiger partial charge in [0.05, 0.1) is 0 Å². The van der Waals surface area contributed by atoms with E-state index < -0.39 is 0 Å². The quantitative estimate of drug-likeness (QED) is 0.792. The molecule has 5 nitrogen and oxygen atoms in total. The second kappa shape index (κ2) is 5.14. The third-order valence-electron chi connectivity index (χ3n) is 3.14. The third kappa shape index (κ3) is 2.55. The van der Waals surface area contributed by atoms with Crippen molar-refractivity contribution in [3.05, 3.63) is 34.2 Å². The summed E-state index contributed by atoms with van der Waals surface area (Å²) in [6, 6.07) is 4.86. The molecule has 1 fully saturated rings. The molecule has 1 aliphatic rings. The lowest BCUT2D eigenvalue weighted by atomic mass is 10.1. The van der Waals surface area contributed by atoms with Gasteiger partial charge in [0.1, 0.15) is 5.69 Å². The minimum absolute atomic E-state index is 0.0985. The van der Waals surface area contributed by atoms with E-state index in [0.29, 0.717) is 12.2 Å². The molecule has 2 heterocycles. The molecule has 3 N–H and O–H groups in total. The molecule has 0 aromatic carbocycles. The van der Waals surface area contributed by atoms with E-state index >= 15 is 0 Å². The van der Waals surface area contributed by atoms with E-state index in [4.69, 9.17) is 5.73 Å². The lowest BCUT2D eigenvalue weighted by Crippen LogP contribution is -2.37. The highest BCUT2D eigenvalue weighted by Crippen LogP contribution is 2.21. The first-order chi connectivity index (χ1) is 8.22. The molecule has 17 heavy (non-hydrogen) atoms. The highest BCUT2D eigenvalue weighted by molar-refractivity contribution is 5.92. The Morgan fingerprint density at radius 2 is 2.35 bits per heavy atom. The average Bonchev–Trinajstić information content (AvgIpc) is 2.77. The smallest absolute Gasteiger partial charge is 0.270 e. The average molecular weight is 235 g/mol. The topological polar surface area (TPSA) is 79.2 Å². The molecule has 0 saturated carbocycles. The number of carbonyl (C=O) groups is 1. The summed E-state index contributed by atoms with van der Waals surface area (Å²) >= 11 is 0. The Hall–Kier alpha value is -1.62. The Labute approximate surface area is 99.6 Å². The SMILES string of the molecule is NCCC1CCCN1C(=O)c1cccc(=O)[nH]1. The van der Waals surface area contributed by atoms with E-state index in [1.54, 1.807) is 12.1 Å². The Kier molecular flexibility index (Phi) is 3.58. The molecule has 1 atom stereocenters. The highest BCUT2D eigenvalue weighted by Gasteiger charge is 2.28. The van der Waals surface area contributed by atoms with E-state index in [2.05, 4.69) is 4.98 Å². The van der Waals surface area contributed by atoms with Crippen LogP contribution in [-0.4, -0.2) is 34.9 Å². The van der Waals surface area contributed by atoms with E-state index in [1.807, 2.05) is 4.90 Å². The van der Waals surface area contributed by atoms with Crippen molar-refractivity contribution in [2.24, 2.45) is 5.73 Å². The van der Waals surface area contributed by atoms with Crippen LogP contribution >= 0.6 is 0 Å². The van der Waals surface area contributed by atoms with Gasteiger partial charge in [0.2, 0.25) is 5.56 Å². The Bertz CT molecular complexity index is 455. The van der Waals surface area contributed by atoms with Crippen molar-refractivity contribution in [3.63, 3.8) is 0 Å². The molecule has 0 aliphatic carbocycles. The molecule has 92 valence electrons. The van der Waals surface area contributed by atoms with Crippen LogP contribution < -0.4 is 11.3 Å². The number of amides is 1. The molecule has 1 aromatic rings. The summed E-state index contributed by atoms with van der Waals surface area (Å²) in [6.07, 6.45) is 2.83. The van der Waals surface area contributed by atoms with Gasteiger partial charge in [-0.1, -0.05) is 6.07 Å². The summed E-state index contributed by atoms with van der Waals surface area (Å²) in [4.78, 5) is 27.8. The molecular formula is C12H17N3O2. The van der Waals surface area contributed by atoms with Crippen LogP contribution in [0.2, 0.25) is 0 Å². The molecular weight excluding hydrogens is 218 g/mol. The molecule has 0 spiro atoms. The van der Waals surface area contributed by atoms with Gasteiger partial charge in [-0.3, -0.25) is 9.59 Å². The van der Waals surface area contributed by atoms with E-state index in [-0.39, 0.29) is 17.5 Å². The number of rotatable bonds is 3. The van der Waals surface area contributed by atoms with Gasteiger partial charge in [-0.2, -0.15) is 0 Å². The number of nitrogens with one attached hydrogen (secondary N) is 1. The Morgan fingerprint density at radius 1 is 1.53 bits per heavy atom. The Morgan fingerprint density at radius 3 is 3.06 bits per heavy atom. The van der Waals surface area contributed by atoms with Gasteiger partial charge in [-0.25, -0.2) is 0 Å². The molecule has 1 aliphatic heterocycles. The van der Waals surface area contributed by atoms with Crippen LogP contribution in [0, 0.1) is 0 Å². The molecule has 0 bridgehead atoms. The van der Waals surface area contributed by atoms with Crippen LogP contribution in [0.15, 0.2) is 23.0 Å². The van der Waals surface area contributed by atoms with E-state index in [0.717, 1.165) is 25.8 Å². The van der Waals surface area contributed by atoms with Crippen LogP contribution in [0.5, 0.6) is 0 Å². The number of H-pyrrole nitrogens is 1. The van der Waals surface area contributed by atoms with Crippen molar-refractivity contribution in [2.45, 2.75) is 25.3 Å². The molecule has 0 radical (unpaired) electrons. The first kappa shape index (κ1) is 11.9. The summed E-state index contributed by atoms with van der Waals surface area (Å²) in [5, 5.41) is 0. The normalized spacial score (nSPS) is 19.6. The lowest BCUT2D eigenvalue weighted by molar-refractivity contribution is 0.0726. The van der Waals surface area contributed by atoms with Gasteiger partial charge in [0, 0.05) is 18.7 Å². The fourth-order valence-corrected chi connectivity index (χ4v) is 2.32. The van der Waals surface area contributed by atoms with Gasteiger partial charge in [0.15, 0.2) is 0 Å². The predicted molar refractivity (Wildman–Crippen MR) is 64.8 cm³/mol. The van der Waals surface area contributed by atoms with Gasteiger partial charge in [-0.05, 0) is 31.9 Å². The van der Waals surface area contributed by atoms with Crippen molar-refractivity contribution in [3.8, 4) is 0 Å². The maximum Gasteiger partial charge on any atom is 0.270 e. The number of hydrogen-bond acceptors (Lipinski definition) is 3. The maximum atomic E-state index is 12.2.